The van der Waals surface area contributed by atoms with Gasteiger partial charge < -0.3 is 15.7 Å². The summed E-state index contributed by atoms with van der Waals surface area (Å²) in [6.07, 6.45) is 0. The average Bonchev–Trinajstić information content (AvgIpc) is 2.54. The van der Waals surface area contributed by atoms with Crippen LogP contribution in [0, 0.1) is 6.92 Å². The molecule has 0 aliphatic rings. The highest BCUT2D eigenvalue weighted by molar-refractivity contribution is 7.17. The van der Waals surface area contributed by atoms with E-state index in [1.54, 1.807) is 6.92 Å². The molecule has 6 nitrogen and oxygen atoms in total. The van der Waals surface area contributed by atoms with E-state index in [1.807, 2.05) is 0 Å². The predicted octanol–water partition coefficient (Wildman–Crippen LogP) is 0.698. The summed E-state index contributed by atoms with van der Waals surface area (Å²) < 4.78 is 0. The fraction of sp³-hybridized carbons (Fsp3) is 0.444. The number of aromatic carboxylic acids is 1. The maximum Gasteiger partial charge on any atom is 0.347 e. The maximum absolute atomic E-state index is 10.7. The van der Waals surface area contributed by atoms with E-state index in [0.717, 1.165) is 11.3 Å². The molecule has 0 aliphatic heterocycles. The predicted molar refractivity (Wildman–Crippen MR) is 61.0 cm³/mol. The lowest BCUT2D eigenvalue weighted by Gasteiger charge is -2.02. The van der Waals surface area contributed by atoms with E-state index in [1.165, 1.54) is 6.92 Å². The van der Waals surface area contributed by atoms with Gasteiger partial charge in [0.1, 0.15) is 4.88 Å². The van der Waals surface area contributed by atoms with Crippen molar-refractivity contribution in [2.75, 3.05) is 18.4 Å². The standard InChI is InChI=1S/C9H13N3O3S/c1-5-7(8(14)15)16-9(12-5)11-4-3-10-6(2)13/h3-4H2,1-2H3,(H,10,13)(H,11,12)(H,14,15). The molecule has 0 atom stereocenters. The Morgan fingerprint density at radius 3 is 2.62 bits per heavy atom. The second kappa shape index (κ2) is 5.45. The third-order valence-corrected chi connectivity index (χ3v) is 2.87. The molecular weight excluding hydrogens is 230 g/mol. The van der Waals surface area contributed by atoms with E-state index < -0.39 is 5.97 Å². The summed E-state index contributed by atoms with van der Waals surface area (Å²) in [6.45, 7) is 4.09. The summed E-state index contributed by atoms with van der Waals surface area (Å²) in [6, 6.07) is 0. The quantitative estimate of drug-likeness (QED) is 0.662. The molecule has 1 heterocycles. The fourth-order valence-electron chi connectivity index (χ4n) is 1.08. The third kappa shape index (κ3) is 3.50. The molecule has 1 aromatic heterocycles. The van der Waals surface area contributed by atoms with Gasteiger partial charge in [-0.25, -0.2) is 9.78 Å². The van der Waals surface area contributed by atoms with E-state index in [2.05, 4.69) is 15.6 Å². The molecule has 88 valence electrons. The van der Waals surface area contributed by atoms with Crippen molar-refractivity contribution in [3.8, 4) is 0 Å². The minimum Gasteiger partial charge on any atom is -0.477 e. The van der Waals surface area contributed by atoms with Crippen molar-refractivity contribution in [2.45, 2.75) is 13.8 Å². The third-order valence-electron chi connectivity index (χ3n) is 1.77. The van der Waals surface area contributed by atoms with Crippen molar-refractivity contribution in [3.63, 3.8) is 0 Å². The van der Waals surface area contributed by atoms with Crippen LogP contribution in [0.3, 0.4) is 0 Å². The molecule has 1 aromatic rings. The molecule has 7 heteroatoms. The van der Waals surface area contributed by atoms with Crippen LogP contribution < -0.4 is 10.6 Å². The Balaban J connectivity index is 2.46. The largest absolute Gasteiger partial charge is 0.477 e. The lowest BCUT2D eigenvalue weighted by molar-refractivity contribution is -0.118. The number of carboxylic acids is 1. The summed E-state index contributed by atoms with van der Waals surface area (Å²) in [5.74, 6) is -1.06. The molecule has 1 rings (SSSR count). The van der Waals surface area contributed by atoms with Crippen LogP contribution in [0.2, 0.25) is 0 Å². The van der Waals surface area contributed by atoms with Gasteiger partial charge in [-0.3, -0.25) is 4.79 Å². The zero-order valence-corrected chi connectivity index (χ0v) is 9.85. The normalized spacial score (nSPS) is 9.88. The van der Waals surface area contributed by atoms with Crippen molar-refractivity contribution in [1.82, 2.24) is 10.3 Å². The van der Waals surface area contributed by atoms with E-state index in [-0.39, 0.29) is 10.8 Å². The zero-order valence-electron chi connectivity index (χ0n) is 9.03. The Bertz CT molecular complexity index is 403. The summed E-state index contributed by atoms with van der Waals surface area (Å²) in [5, 5.41) is 14.9. The highest BCUT2D eigenvalue weighted by atomic mass is 32.1. The maximum atomic E-state index is 10.7. The van der Waals surface area contributed by atoms with Crippen LogP contribution in [0.1, 0.15) is 22.3 Å². The van der Waals surface area contributed by atoms with E-state index in [0.29, 0.717) is 23.9 Å². The molecule has 0 saturated carbocycles. The molecule has 0 aliphatic carbocycles. The van der Waals surface area contributed by atoms with Crippen molar-refractivity contribution >= 4 is 28.3 Å². The van der Waals surface area contributed by atoms with Crippen LogP contribution in [0.5, 0.6) is 0 Å². The van der Waals surface area contributed by atoms with Gasteiger partial charge >= 0.3 is 5.97 Å². The van der Waals surface area contributed by atoms with Gasteiger partial charge in [-0.05, 0) is 6.92 Å². The van der Waals surface area contributed by atoms with Gasteiger partial charge in [0.2, 0.25) is 5.91 Å². The molecule has 0 saturated heterocycles. The van der Waals surface area contributed by atoms with Crippen LogP contribution in [0.25, 0.3) is 0 Å². The van der Waals surface area contributed by atoms with E-state index in [9.17, 15) is 9.59 Å². The minimum absolute atomic E-state index is 0.0941. The molecule has 1 amide bonds. The highest BCUT2D eigenvalue weighted by Crippen LogP contribution is 2.21. The summed E-state index contributed by atoms with van der Waals surface area (Å²) in [4.78, 5) is 25.6. The number of carboxylic acid groups (broad SMARTS) is 1. The number of hydrogen-bond donors (Lipinski definition) is 3. The number of rotatable bonds is 5. The molecule has 0 fully saturated rings. The molecule has 0 aromatic carbocycles. The minimum atomic E-state index is -0.968. The fourth-order valence-corrected chi connectivity index (χ4v) is 1.91. The molecule has 16 heavy (non-hydrogen) atoms. The summed E-state index contributed by atoms with van der Waals surface area (Å²) >= 11 is 1.09. The smallest absolute Gasteiger partial charge is 0.347 e. The SMILES string of the molecule is CC(=O)NCCNc1nc(C)c(C(=O)O)s1. The Hall–Kier alpha value is -1.63. The lowest BCUT2D eigenvalue weighted by atomic mass is 10.4. The van der Waals surface area contributed by atoms with Gasteiger partial charge in [-0.1, -0.05) is 11.3 Å². The van der Waals surface area contributed by atoms with Crippen LogP contribution in [-0.4, -0.2) is 35.1 Å². The van der Waals surface area contributed by atoms with Crippen LogP contribution in [-0.2, 0) is 4.79 Å². The summed E-state index contributed by atoms with van der Waals surface area (Å²) in [5.41, 5.74) is 0.500. The van der Waals surface area contributed by atoms with Gasteiger partial charge in [-0.15, -0.1) is 0 Å². The van der Waals surface area contributed by atoms with Crippen molar-refractivity contribution in [2.24, 2.45) is 0 Å². The van der Waals surface area contributed by atoms with E-state index >= 15 is 0 Å². The number of aryl methyl sites for hydroxylation is 1. The van der Waals surface area contributed by atoms with Gasteiger partial charge in [0.25, 0.3) is 0 Å². The number of thiazole rings is 1. The number of carbonyl (C=O) groups is 2. The van der Waals surface area contributed by atoms with Crippen LogP contribution in [0.4, 0.5) is 5.13 Å². The van der Waals surface area contributed by atoms with Gasteiger partial charge in [0.15, 0.2) is 5.13 Å². The average molecular weight is 243 g/mol. The monoisotopic (exact) mass is 243 g/mol. The molecular formula is C9H13N3O3S. The number of carbonyl (C=O) groups excluding carboxylic acids is 1. The second-order valence-electron chi connectivity index (χ2n) is 3.15. The number of aromatic nitrogens is 1. The van der Waals surface area contributed by atoms with Gasteiger partial charge in [0, 0.05) is 20.0 Å². The van der Waals surface area contributed by atoms with Gasteiger partial charge in [0.05, 0.1) is 5.69 Å². The first-order valence-electron chi connectivity index (χ1n) is 4.69. The lowest BCUT2D eigenvalue weighted by Crippen LogP contribution is -2.26. The first-order valence-corrected chi connectivity index (χ1v) is 5.51. The molecule has 3 N–H and O–H groups in total. The molecule has 0 unspecified atom stereocenters. The number of amides is 1. The molecule has 0 bridgehead atoms. The van der Waals surface area contributed by atoms with E-state index in [4.69, 9.17) is 5.11 Å². The molecule has 0 radical (unpaired) electrons. The topological polar surface area (TPSA) is 91.3 Å². The Kier molecular flexibility index (Phi) is 4.24. The van der Waals surface area contributed by atoms with Crippen LogP contribution in [0.15, 0.2) is 0 Å². The highest BCUT2D eigenvalue weighted by Gasteiger charge is 2.13. The second-order valence-corrected chi connectivity index (χ2v) is 4.15. The van der Waals surface area contributed by atoms with Crippen LogP contribution >= 0.6 is 11.3 Å². The number of nitrogens with zero attached hydrogens (tertiary/aromatic N) is 1. The zero-order chi connectivity index (χ0) is 12.1. The van der Waals surface area contributed by atoms with Crippen molar-refractivity contribution in [3.05, 3.63) is 10.6 Å². The van der Waals surface area contributed by atoms with Crippen molar-refractivity contribution < 1.29 is 14.7 Å². The molecule has 0 spiro atoms. The Morgan fingerprint density at radius 2 is 2.12 bits per heavy atom. The first-order chi connectivity index (χ1) is 7.50. The number of anilines is 1. The summed E-state index contributed by atoms with van der Waals surface area (Å²) in [7, 11) is 0. The van der Waals surface area contributed by atoms with Gasteiger partial charge in [-0.2, -0.15) is 0 Å². The van der Waals surface area contributed by atoms with Crippen molar-refractivity contribution in [1.29, 1.82) is 0 Å². The first kappa shape index (κ1) is 12.4. The Morgan fingerprint density at radius 1 is 1.44 bits per heavy atom. The number of hydrogen-bond acceptors (Lipinski definition) is 5. The Labute approximate surface area is 96.7 Å². The number of nitrogens with one attached hydrogen (secondary N) is 2.